The maximum absolute atomic E-state index is 11.3. The molecular weight excluding hydrogens is 184 g/mol. The van der Waals surface area contributed by atoms with Crippen molar-refractivity contribution in [3.63, 3.8) is 0 Å². The number of amides is 1. The third kappa shape index (κ3) is 2.99. The molecule has 2 atom stereocenters. The number of likely N-dealkylation sites (N-methyl/N-ethyl adjacent to an activating group) is 2. The maximum atomic E-state index is 11.3. The van der Waals surface area contributed by atoms with Crippen LogP contribution in [0.15, 0.2) is 0 Å². The Labute approximate surface area is 84.4 Å². The first-order chi connectivity index (χ1) is 6.45. The van der Waals surface area contributed by atoms with Crippen LogP contribution in [0.25, 0.3) is 0 Å². The van der Waals surface area contributed by atoms with Crippen molar-refractivity contribution in [1.29, 1.82) is 0 Å². The van der Waals surface area contributed by atoms with E-state index < -0.39 is 6.04 Å². The lowest BCUT2D eigenvalue weighted by molar-refractivity contribution is -0.147. The number of hydrogen-bond donors (Lipinski definition) is 1. The highest BCUT2D eigenvalue weighted by Crippen LogP contribution is 2.03. The molecule has 0 aliphatic heterocycles. The second kappa shape index (κ2) is 5.59. The first-order valence-corrected chi connectivity index (χ1v) is 4.47. The largest absolute Gasteiger partial charge is 0.468 e. The number of rotatable bonds is 4. The lowest BCUT2D eigenvalue weighted by Crippen LogP contribution is -2.48. The third-order valence-electron chi connectivity index (χ3n) is 2.39. The molecular formula is C9H18N2O3. The van der Waals surface area contributed by atoms with E-state index in [-0.39, 0.29) is 17.9 Å². The average Bonchev–Trinajstić information content (AvgIpc) is 2.23. The van der Waals surface area contributed by atoms with Gasteiger partial charge in [-0.05, 0) is 20.9 Å². The van der Waals surface area contributed by atoms with E-state index in [1.165, 1.54) is 7.11 Å². The fourth-order valence-electron chi connectivity index (χ4n) is 1.07. The van der Waals surface area contributed by atoms with E-state index in [0.717, 1.165) is 0 Å². The van der Waals surface area contributed by atoms with Gasteiger partial charge in [0.1, 0.15) is 6.04 Å². The normalized spacial score (nSPS) is 14.7. The zero-order chi connectivity index (χ0) is 11.3. The lowest BCUT2D eigenvalue weighted by Gasteiger charge is -2.27. The Morgan fingerprint density at radius 1 is 1.29 bits per heavy atom. The van der Waals surface area contributed by atoms with Gasteiger partial charge in [-0.25, -0.2) is 0 Å². The van der Waals surface area contributed by atoms with Gasteiger partial charge < -0.3 is 10.1 Å². The second-order valence-corrected chi connectivity index (χ2v) is 3.15. The number of carbonyl (C=O) groups is 2. The summed E-state index contributed by atoms with van der Waals surface area (Å²) in [5.74, 6) is -0.466. The molecule has 0 saturated heterocycles. The molecule has 2 unspecified atom stereocenters. The molecule has 1 N–H and O–H groups in total. The third-order valence-corrected chi connectivity index (χ3v) is 2.39. The summed E-state index contributed by atoms with van der Waals surface area (Å²) in [6, 6.07) is -0.776. The van der Waals surface area contributed by atoms with Crippen molar-refractivity contribution < 1.29 is 14.3 Å². The van der Waals surface area contributed by atoms with Crippen molar-refractivity contribution in [2.45, 2.75) is 25.9 Å². The first kappa shape index (κ1) is 12.9. The molecule has 0 aromatic heterocycles. The van der Waals surface area contributed by atoms with Crippen molar-refractivity contribution in [1.82, 2.24) is 10.2 Å². The number of ether oxygens (including phenoxy) is 1. The molecule has 1 amide bonds. The highest BCUT2D eigenvalue weighted by molar-refractivity contribution is 5.82. The van der Waals surface area contributed by atoms with Crippen LogP contribution >= 0.6 is 0 Å². The zero-order valence-corrected chi connectivity index (χ0v) is 9.33. The standard InChI is InChI=1S/C9H18N2O3/c1-6(8(12)10-3)11(4)7(2)9(13)14-5/h6-7H,1-5H3,(H,10,12). The highest BCUT2D eigenvalue weighted by atomic mass is 16.5. The summed E-state index contributed by atoms with van der Waals surface area (Å²) in [6.45, 7) is 3.43. The Bertz CT molecular complexity index is 196. The van der Waals surface area contributed by atoms with Gasteiger partial charge in [0, 0.05) is 7.05 Å². The van der Waals surface area contributed by atoms with Crippen molar-refractivity contribution in [2.24, 2.45) is 0 Å². The average molecular weight is 202 g/mol. The predicted octanol–water partition coefficient (Wildman–Crippen LogP) is -0.386. The van der Waals surface area contributed by atoms with Crippen LogP contribution in [-0.4, -0.2) is 50.1 Å². The number of esters is 1. The summed E-state index contributed by atoms with van der Waals surface area (Å²) < 4.78 is 4.58. The second-order valence-electron chi connectivity index (χ2n) is 3.15. The van der Waals surface area contributed by atoms with Gasteiger partial charge >= 0.3 is 5.97 Å². The minimum atomic E-state index is -0.424. The van der Waals surface area contributed by atoms with Gasteiger partial charge in [0.2, 0.25) is 5.91 Å². The van der Waals surface area contributed by atoms with Gasteiger partial charge in [-0.15, -0.1) is 0 Å². The lowest BCUT2D eigenvalue weighted by atomic mass is 10.2. The molecule has 5 nitrogen and oxygen atoms in total. The SMILES string of the molecule is CNC(=O)C(C)N(C)C(C)C(=O)OC. The van der Waals surface area contributed by atoms with Crippen LogP contribution in [0.1, 0.15) is 13.8 Å². The molecule has 0 saturated carbocycles. The molecule has 0 spiro atoms. The molecule has 0 aliphatic rings. The molecule has 0 bridgehead atoms. The number of methoxy groups -OCH3 is 1. The molecule has 0 aromatic rings. The van der Waals surface area contributed by atoms with E-state index in [9.17, 15) is 9.59 Å². The Morgan fingerprint density at radius 2 is 1.79 bits per heavy atom. The number of nitrogens with one attached hydrogen (secondary N) is 1. The van der Waals surface area contributed by atoms with Crippen LogP contribution in [0.3, 0.4) is 0 Å². The summed E-state index contributed by atoms with van der Waals surface area (Å²) in [5.41, 5.74) is 0. The monoisotopic (exact) mass is 202 g/mol. The van der Waals surface area contributed by atoms with E-state index in [2.05, 4.69) is 10.1 Å². The molecule has 82 valence electrons. The van der Waals surface area contributed by atoms with Gasteiger partial charge in [0.05, 0.1) is 13.2 Å². The molecule has 0 rings (SSSR count). The minimum Gasteiger partial charge on any atom is -0.468 e. The van der Waals surface area contributed by atoms with Crippen LogP contribution in [0, 0.1) is 0 Å². The van der Waals surface area contributed by atoms with Crippen LogP contribution < -0.4 is 5.32 Å². The minimum absolute atomic E-state index is 0.122. The number of hydrogen-bond acceptors (Lipinski definition) is 4. The summed E-state index contributed by atoms with van der Waals surface area (Å²) in [5, 5.41) is 2.52. The highest BCUT2D eigenvalue weighted by Gasteiger charge is 2.26. The van der Waals surface area contributed by atoms with Gasteiger partial charge in [-0.3, -0.25) is 14.5 Å². The molecule has 0 radical (unpaired) electrons. The fraction of sp³-hybridized carbons (Fsp3) is 0.778. The van der Waals surface area contributed by atoms with Crippen LogP contribution in [-0.2, 0) is 14.3 Å². The molecule has 5 heteroatoms. The van der Waals surface area contributed by atoms with Crippen molar-refractivity contribution in [3.05, 3.63) is 0 Å². The Hall–Kier alpha value is -1.10. The summed E-state index contributed by atoms with van der Waals surface area (Å²) in [7, 11) is 4.61. The van der Waals surface area contributed by atoms with E-state index in [1.807, 2.05) is 0 Å². The molecule has 14 heavy (non-hydrogen) atoms. The van der Waals surface area contributed by atoms with Crippen molar-refractivity contribution >= 4 is 11.9 Å². The Balaban J connectivity index is 4.37. The van der Waals surface area contributed by atoms with E-state index in [4.69, 9.17) is 0 Å². The zero-order valence-electron chi connectivity index (χ0n) is 9.33. The predicted molar refractivity (Wildman–Crippen MR) is 52.8 cm³/mol. The van der Waals surface area contributed by atoms with E-state index in [0.29, 0.717) is 0 Å². The molecule has 0 heterocycles. The van der Waals surface area contributed by atoms with Crippen LogP contribution in [0.2, 0.25) is 0 Å². The summed E-state index contributed by atoms with van der Waals surface area (Å²) in [4.78, 5) is 24.1. The summed E-state index contributed by atoms with van der Waals surface area (Å²) in [6.07, 6.45) is 0. The summed E-state index contributed by atoms with van der Waals surface area (Å²) >= 11 is 0. The van der Waals surface area contributed by atoms with Crippen LogP contribution in [0.5, 0.6) is 0 Å². The molecule has 0 aliphatic carbocycles. The number of nitrogens with zero attached hydrogens (tertiary/aromatic N) is 1. The van der Waals surface area contributed by atoms with E-state index in [1.54, 1.807) is 32.8 Å². The number of carbonyl (C=O) groups excluding carboxylic acids is 2. The van der Waals surface area contributed by atoms with Gasteiger partial charge in [0.15, 0.2) is 0 Å². The molecule has 0 aromatic carbocycles. The van der Waals surface area contributed by atoms with Crippen molar-refractivity contribution in [3.8, 4) is 0 Å². The maximum Gasteiger partial charge on any atom is 0.322 e. The Kier molecular flexibility index (Phi) is 5.15. The van der Waals surface area contributed by atoms with Gasteiger partial charge in [-0.2, -0.15) is 0 Å². The fourth-order valence-corrected chi connectivity index (χ4v) is 1.07. The van der Waals surface area contributed by atoms with Gasteiger partial charge in [-0.1, -0.05) is 0 Å². The first-order valence-electron chi connectivity index (χ1n) is 4.47. The molecule has 0 fully saturated rings. The topological polar surface area (TPSA) is 58.6 Å². The van der Waals surface area contributed by atoms with Crippen LogP contribution in [0.4, 0.5) is 0 Å². The van der Waals surface area contributed by atoms with Crippen molar-refractivity contribution in [2.75, 3.05) is 21.2 Å². The Morgan fingerprint density at radius 3 is 2.14 bits per heavy atom. The quantitative estimate of drug-likeness (QED) is 0.631. The van der Waals surface area contributed by atoms with Gasteiger partial charge in [0.25, 0.3) is 0 Å². The van der Waals surface area contributed by atoms with E-state index >= 15 is 0 Å². The smallest absolute Gasteiger partial charge is 0.322 e.